The summed E-state index contributed by atoms with van der Waals surface area (Å²) in [5, 5.41) is 8.87. The molecule has 3 heterocycles. The Labute approximate surface area is 168 Å². The van der Waals surface area contributed by atoms with E-state index in [4.69, 9.17) is 20.6 Å². The molecule has 6 nitrogen and oxygen atoms in total. The Morgan fingerprint density at radius 3 is 2.75 bits per heavy atom. The van der Waals surface area contributed by atoms with Crippen LogP contribution in [0.25, 0.3) is 11.3 Å². The predicted octanol–water partition coefficient (Wildman–Crippen LogP) is 5.39. The van der Waals surface area contributed by atoms with Gasteiger partial charge in [0.2, 0.25) is 0 Å². The first-order valence-electron chi connectivity index (χ1n) is 9.46. The highest BCUT2D eigenvalue weighted by Crippen LogP contribution is 2.37. The van der Waals surface area contributed by atoms with Gasteiger partial charge in [0, 0.05) is 24.1 Å². The van der Waals surface area contributed by atoms with E-state index in [0.717, 1.165) is 24.3 Å². The van der Waals surface area contributed by atoms with Crippen molar-refractivity contribution < 1.29 is 13.8 Å². The van der Waals surface area contributed by atoms with E-state index in [9.17, 15) is 4.79 Å². The van der Waals surface area contributed by atoms with Gasteiger partial charge in [-0.05, 0) is 25.8 Å². The van der Waals surface area contributed by atoms with Crippen LogP contribution < -0.4 is 0 Å². The molecule has 0 spiro atoms. The molecule has 1 unspecified atom stereocenters. The first kappa shape index (κ1) is 18.7. The molecule has 0 N–H and O–H groups in total. The molecule has 1 aromatic carbocycles. The molecule has 0 bridgehead atoms. The molecule has 0 saturated carbocycles. The largest absolute Gasteiger partial charge is 0.361 e. The first-order chi connectivity index (χ1) is 13.5. The Bertz CT molecular complexity index is 1010. The van der Waals surface area contributed by atoms with Gasteiger partial charge in [-0.3, -0.25) is 4.79 Å². The van der Waals surface area contributed by atoms with Crippen molar-refractivity contribution in [1.82, 2.24) is 15.2 Å². The number of carbonyl (C=O) groups is 1. The average molecular weight is 400 g/mol. The van der Waals surface area contributed by atoms with E-state index < -0.39 is 0 Å². The van der Waals surface area contributed by atoms with E-state index in [2.05, 4.69) is 24.2 Å². The lowest BCUT2D eigenvalue weighted by Crippen LogP contribution is -2.31. The second-order valence-electron chi connectivity index (χ2n) is 7.41. The Morgan fingerprint density at radius 1 is 1.25 bits per heavy atom. The Hall–Kier alpha value is -2.60. The zero-order valence-corrected chi connectivity index (χ0v) is 16.9. The van der Waals surface area contributed by atoms with Crippen LogP contribution in [0, 0.1) is 6.92 Å². The molecule has 1 atom stereocenters. The number of aryl methyl sites for hydroxylation is 1. The van der Waals surface area contributed by atoms with Crippen molar-refractivity contribution in [3.63, 3.8) is 0 Å². The molecule has 3 aromatic rings. The van der Waals surface area contributed by atoms with Gasteiger partial charge in [0.1, 0.15) is 28.5 Å². The molecule has 0 aliphatic carbocycles. The second kappa shape index (κ2) is 7.43. The maximum Gasteiger partial charge on any atom is 0.260 e. The molecule has 1 saturated heterocycles. The number of halogens is 1. The smallest absolute Gasteiger partial charge is 0.260 e. The SMILES string of the molecule is Cc1onc(-c2ccccc2Cl)c1C(=O)N1CCCC1c1cc(C(C)C)on1. The number of likely N-dealkylation sites (tertiary alicyclic amines) is 1. The van der Waals surface area contributed by atoms with Gasteiger partial charge in [-0.15, -0.1) is 0 Å². The minimum atomic E-state index is -0.120. The summed E-state index contributed by atoms with van der Waals surface area (Å²) in [5.41, 5.74) is 2.40. The molecule has 146 valence electrons. The minimum absolute atomic E-state index is 0.114. The van der Waals surface area contributed by atoms with Gasteiger partial charge in [-0.2, -0.15) is 0 Å². The zero-order valence-electron chi connectivity index (χ0n) is 16.1. The molecule has 1 amide bonds. The third kappa shape index (κ3) is 3.22. The van der Waals surface area contributed by atoms with Crippen LogP contribution in [0.2, 0.25) is 5.02 Å². The lowest BCUT2D eigenvalue weighted by atomic mass is 10.0. The predicted molar refractivity (Wildman–Crippen MR) is 105 cm³/mol. The number of carbonyl (C=O) groups excluding carboxylic acids is 1. The number of hydrogen-bond acceptors (Lipinski definition) is 5. The molecule has 1 aliphatic heterocycles. The van der Waals surface area contributed by atoms with E-state index in [0.29, 0.717) is 34.1 Å². The maximum atomic E-state index is 13.5. The maximum absolute atomic E-state index is 13.5. The van der Waals surface area contributed by atoms with E-state index in [-0.39, 0.29) is 17.9 Å². The van der Waals surface area contributed by atoms with Crippen LogP contribution in [-0.4, -0.2) is 27.7 Å². The summed E-state index contributed by atoms with van der Waals surface area (Å²) in [5.74, 6) is 1.44. The Balaban J connectivity index is 1.69. The van der Waals surface area contributed by atoms with Gasteiger partial charge in [0.05, 0.1) is 11.1 Å². The number of amides is 1. The average Bonchev–Trinajstić information content (AvgIpc) is 3.40. The van der Waals surface area contributed by atoms with Crippen LogP contribution in [0.5, 0.6) is 0 Å². The Morgan fingerprint density at radius 2 is 2.04 bits per heavy atom. The fourth-order valence-electron chi connectivity index (χ4n) is 3.65. The van der Waals surface area contributed by atoms with Crippen molar-refractivity contribution in [2.24, 2.45) is 0 Å². The molecule has 0 radical (unpaired) electrons. The van der Waals surface area contributed by atoms with Crippen LogP contribution in [0.15, 0.2) is 39.4 Å². The molecule has 2 aromatic heterocycles. The molecule has 7 heteroatoms. The summed E-state index contributed by atoms with van der Waals surface area (Å²) in [6.45, 7) is 6.51. The summed E-state index contributed by atoms with van der Waals surface area (Å²) in [4.78, 5) is 15.3. The molecular weight excluding hydrogens is 378 g/mol. The minimum Gasteiger partial charge on any atom is -0.361 e. The number of hydrogen-bond donors (Lipinski definition) is 0. The van der Waals surface area contributed by atoms with E-state index in [1.807, 2.05) is 29.2 Å². The number of nitrogens with zero attached hydrogens (tertiary/aromatic N) is 3. The van der Waals surface area contributed by atoms with E-state index >= 15 is 0 Å². The van der Waals surface area contributed by atoms with Gasteiger partial charge >= 0.3 is 0 Å². The van der Waals surface area contributed by atoms with Crippen LogP contribution >= 0.6 is 11.6 Å². The normalized spacial score (nSPS) is 16.9. The molecule has 1 fully saturated rings. The van der Waals surface area contributed by atoms with E-state index in [1.165, 1.54) is 0 Å². The summed E-state index contributed by atoms with van der Waals surface area (Å²) in [6.07, 6.45) is 1.76. The van der Waals surface area contributed by atoms with Crippen molar-refractivity contribution in [1.29, 1.82) is 0 Å². The standard InChI is InChI=1S/C21H22ClN3O3/c1-12(2)18-11-16(23-28-18)17-9-6-10-25(17)21(26)19-13(3)27-24-20(19)14-7-4-5-8-15(14)22/h4-5,7-8,11-12,17H,6,9-10H2,1-3H3. The highest BCUT2D eigenvalue weighted by Gasteiger charge is 2.36. The van der Waals surface area contributed by atoms with Crippen molar-refractivity contribution in [2.75, 3.05) is 6.54 Å². The van der Waals surface area contributed by atoms with Gasteiger partial charge in [-0.1, -0.05) is 54.0 Å². The highest BCUT2D eigenvalue weighted by atomic mass is 35.5. The molecule has 28 heavy (non-hydrogen) atoms. The summed E-state index contributed by atoms with van der Waals surface area (Å²) in [6, 6.07) is 9.16. The Kier molecular flexibility index (Phi) is 4.98. The third-order valence-electron chi connectivity index (χ3n) is 5.18. The summed E-state index contributed by atoms with van der Waals surface area (Å²) in [7, 11) is 0. The first-order valence-corrected chi connectivity index (χ1v) is 9.83. The lowest BCUT2D eigenvalue weighted by molar-refractivity contribution is 0.0729. The highest BCUT2D eigenvalue weighted by molar-refractivity contribution is 6.33. The van der Waals surface area contributed by atoms with Gasteiger partial charge in [0.15, 0.2) is 0 Å². The molecular formula is C21H22ClN3O3. The monoisotopic (exact) mass is 399 g/mol. The van der Waals surface area contributed by atoms with E-state index in [1.54, 1.807) is 13.0 Å². The van der Waals surface area contributed by atoms with Crippen LogP contribution in [-0.2, 0) is 0 Å². The summed E-state index contributed by atoms with van der Waals surface area (Å²) >= 11 is 6.33. The zero-order chi connectivity index (χ0) is 19.8. The van der Waals surface area contributed by atoms with Crippen molar-refractivity contribution in [2.45, 2.75) is 45.6 Å². The van der Waals surface area contributed by atoms with Crippen molar-refractivity contribution in [3.05, 3.63) is 58.1 Å². The van der Waals surface area contributed by atoms with Crippen LogP contribution in [0.1, 0.15) is 66.2 Å². The van der Waals surface area contributed by atoms with Crippen LogP contribution in [0.3, 0.4) is 0 Å². The lowest BCUT2D eigenvalue weighted by Gasteiger charge is -2.23. The second-order valence-corrected chi connectivity index (χ2v) is 7.81. The quantitative estimate of drug-likeness (QED) is 0.587. The third-order valence-corrected chi connectivity index (χ3v) is 5.51. The topological polar surface area (TPSA) is 72.4 Å². The van der Waals surface area contributed by atoms with Gasteiger partial charge in [0.25, 0.3) is 5.91 Å². The molecule has 1 aliphatic rings. The van der Waals surface area contributed by atoms with Crippen molar-refractivity contribution in [3.8, 4) is 11.3 Å². The van der Waals surface area contributed by atoms with Crippen molar-refractivity contribution >= 4 is 17.5 Å². The summed E-state index contributed by atoms with van der Waals surface area (Å²) < 4.78 is 10.8. The fourth-order valence-corrected chi connectivity index (χ4v) is 3.88. The van der Waals surface area contributed by atoms with Gasteiger partial charge < -0.3 is 13.9 Å². The van der Waals surface area contributed by atoms with Crippen LogP contribution in [0.4, 0.5) is 0 Å². The number of aromatic nitrogens is 2. The van der Waals surface area contributed by atoms with Gasteiger partial charge in [-0.25, -0.2) is 0 Å². The number of rotatable bonds is 4. The number of benzene rings is 1. The fraction of sp³-hybridized carbons (Fsp3) is 0.381. The molecule has 4 rings (SSSR count).